The molecule has 0 fully saturated rings. The van der Waals surface area contributed by atoms with Gasteiger partial charge in [-0.2, -0.15) is 10.5 Å². The van der Waals surface area contributed by atoms with Gasteiger partial charge in [0.25, 0.3) is 0 Å². The van der Waals surface area contributed by atoms with Crippen molar-refractivity contribution in [1.82, 2.24) is 4.98 Å². The van der Waals surface area contributed by atoms with Crippen LogP contribution in [0.15, 0.2) is 56.6 Å². The summed E-state index contributed by atoms with van der Waals surface area (Å²) in [5, 5.41) is 19.7. The van der Waals surface area contributed by atoms with Crippen LogP contribution in [0.2, 0.25) is 0 Å². The van der Waals surface area contributed by atoms with Crippen LogP contribution in [0.5, 0.6) is 0 Å². The molecule has 0 aliphatic carbocycles. The van der Waals surface area contributed by atoms with Crippen LogP contribution in [0.3, 0.4) is 0 Å². The fraction of sp³-hybridized carbons (Fsp3) is 0.250. The fourth-order valence-corrected chi connectivity index (χ4v) is 5.21. The molecule has 0 unspecified atom stereocenters. The molecule has 2 N–H and O–H groups in total. The number of nitrogens with zero attached hydrogens (tertiary/aromatic N) is 3. The number of hydrogen-bond donors (Lipinski definition) is 1. The molecule has 174 valence electrons. The molecular weight excluding hydrogens is 523 g/mol. The van der Waals surface area contributed by atoms with Crippen molar-refractivity contribution in [1.29, 1.82) is 10.5 Å². The van der Waals surface area contributed by atoms with Crippen molar-refractivity contribution in [3.8, 4) is 12.1 Å². The standard InChI is InChI=1S/C24H20BrFN4O3S/c1-4-32-24(31)21-19(11-34-23-15(9-27)17(25)8-13(3)30-23)33-22(29)16(10-28)20(21)14-6-5-12(2)7-18(14)26/h5-8,20H,4,11,29H2,1-3H3/t20-/m0/s1. The number of rotatable bonds is 6. The number of nitriles is 2. The number of carbonyl (C=O) groups excluding carboxylic acids is 1. The topological polar surface area (TPSA) is 122 Å². The molecule has 0 saturated heterocycles. The summed E-state index contributed by atoms with van der Waals surface area (Å²) in [6.45, 7) is 5.22. The van der Waals surface area contributed by atoms with E-state index in [1.54, 1.807) is 32.9 Å². The van der Waals surface area contributed by atoms with Crippen LogP contribution < -0.4 is 5.73 Å². The van der Waals surface area contributed by atoms with Crippen molar-refractivity contribution in [3.63, 3.8) is 0 Å². The zero-order chi connectivity index (χ0) is 25.0. The fourth-order valence-electron chi connectivity index (χ4n) is 3.48. The summed E-state index contributed by atoms with van der Waals surface area (Å²) in [6.07, 6.45) is 0. The summed E-state index contributed by atoms with van der Waals surface area (Å²) in [5.74, 6) is -2.53. The van der Waals surface area contributed by atoms with Gasteiger partial charge in [-0.05, 0) is 54.4 Å². The van der Waals surface area contributed by atoms with E-state index in [0.717, 1.165) is 11.8 Å². The van der Waals surface area contributed by atoms with Crippen molar-refractivity contribution in [3.05, 3.63) is 79.7 Å². The predicted molar refractivity (Wildman–Crippen MR) is 128 cm³/mol. The van der Waals surface area contributed by atoms with Crippen molar-refractivity contribution in [2.75, 3.05) is 12.4 Å². The highest BCUT2D eigenvalue weighted by Gasteiger charge is 2.39. The van der Waals surface area contributed by atoms with Gasteiger partial charge in [-0.25, -0.2) is 14.2 Å². The first-order chi connectivity index (χ1) is 16.2. The molecule has 0 amide bonds. The van der Waals surface area contributed by atoms with E-state index in [0.29, 0.717) is 26.3 Å². The van der Waals surface area contributed by atoms with E-state index in [2.05, 4.69) is 27.0 Å². The van der Waals surface area contributed by atoms with E-state index >= 15 is 4.39 Å². The van der Waals surface area contributed by atoms with Crippen LogP contribution in [0.4, 0.5) is 4.39 Å². The first kappa shape index (κ1) is 25.3. The Bertz CT molecular complexity index is 1310. The van der Waals surface area contributed by atoms with Crippen LogP contribution in [-0.4, -0.2) is 23.3 Å². The SMILES string of the molecule is CCOC(=O)C1=C(CSc2nc(C)cc(Br)c2C#N)OC(N)=C(C#N)[C@@H]1c1ccc(C)cc1F. The lowest BCUT2D eigenvalue weighted by molar-refractivity contribution is -0.139. The lowest BCUT2D eigenvalue weighted by Crippen LogP contribution is -2.27. The van der Waals surface area contributed by atoms with E-state index in [1.165, 1.54) is 12.1 Å². The summed E-state index contributed by atoms with van der Waals surface area (Å²) >= 11 is 4.51. The number of thioether (sulfide) groups is 1. The number of allylic oxidation sites excluding steroid dienone is 1. The summed E-state index contributed by atoms with van der Waals surface area (Å²) < 4.78 is 26.5. The molecule has 1 aliphatic heterocycles. The summed E-state index contributed by atoms with van der Waals surface area (Å²) in [6, 6.07) is 10.3. The Labute approximate surface area is 209 Å². The van der Waals surface area contributed by atoms with Gasteiger partial charge in [0.15, 0.2) is 0 Å². The van der Waals surface area contributed by atoms with E-state index in [9.17, 15) is 15.3 Å². The zero-order valence-electron chi connectivity index (χ0n) is 18.6. The first-order valence-electron chi connectivity index (χ1n) is 10.2. The minimum atomic E-state index is -1.11. The minimum Gasteiger partial charge on any atom is -0.463 e. The normalized spacial score (nSPS) is 15.4. The number of hydrogen-bond acceptors (Lipinski definition) is 8. The molecule has 0 saturated carbocycles. The van der Waals surface area contributed by atoms with E-state index in [1.807, 2.05) is 6.07 Å². The van der Waals surface area contributed by atoms with Crippen molar-refractivity contribution in [2.45, 2.75) is 31.7 Å². The van der Waals surface area contributed by atoms with Gasteiger partial charge in [0.2, 0.25) is 5.88 Å². The number of carbonyl (C=O) groups is 1. The van der Waals surface area contributed by atoms with Crippen LogP contribution in [0.1, 0.15) is 35.2 Å². The summed E-state index contributed by atoms with van der Waals surface area (Å²) in [5.41, 5.74) is 7.73. The number of benzene rings is 1. The highest BCUT2D eigenvalue weighted by Crippen LogP contribution is 2.42. The Hall–Kier alpha value is -3.34. The first-order valence-corrected chi connectivity index (χ1v) is 11.9. The van der Waals surface area contributed by atoms with Crippen molar-refractivity contribution in [2.24, 2.45) is 5.73 Å². The number of nitrogens with two attached hydrogens (primary N) is 1. The molecule has 1 aromatic carbocycles. The van der Waals surface area contributed by atoms with Gasteiger partial charge >= 0.3 is 5.97 Å². The van der Waals surface area contributed by atoms with Gasteiger partial charge in [-0.1, -0.05) is 23.9 Å². The zero-order valence-corrected chi connectivity index (χ0v) is 21.0. The number of ether oxygens (including phenoxy) is 2. The second kappa shape index (κ2) is 10.7. The third kappa shape index (κ3) is 5.09. The van der Waals surface area contributed by atoms with Crippen molar-refractivity contribution >= 4 is 33.7 Å². The van der Waals surface area contributed by atoms with Gasteiger partial charge in [0, 0.05) is 15.7 Å². The summed E-state index contributed by atoms with van der Waals surface area (Å²) in [7, 11) is 0. The molecule has 1 atom stereocenters. The van der Waals surface area contributed by atoms with Crippen LogP contribution in [0.25, 0.3) is 0 Å². The Balaban J connectivity index is 2.15. The molecule has 0 spiro atoms. The molecule has 0 bridgehead atoms. The molecule has 1 aromatic heterocycles. The third-order valence-electron chi connectivity index (χ3n) is 4.98. The molecular formula is C24H20BrFN4O3S. The molecule has 1 aliphatic rings. The molecule has 2 heterocycles. The highest BCUT2D eigenvalue weighted by molar-refractivity contribution is 9.10. The number of aryl methyl sites for hydroxylation is 2. The smallest absolute Gasteiger partial charge is 0.338 e. The van der Waals surface area contributed by atoms with Crippen LogP contribution in [-0.2, 0) is 14.3 Å². The highest BCUT2D eigenvalue weighted by atomic mass is 79.9. The van der Waals surface area contributed by atoms with E-state index in [-0.39, 0.29) is 40.7 Å². The van der Waals surface area contributed by atoms with Crippen LogP contribution >= 0.6 is 27.7 Å². The third-order valence-corrected chi connectivity index (χ3v) is 6.58. The largest absolute Gasteiger partial charge is 0.463 e. The summed E-state index contributed by atoms with van der Waals surface area (Å²) in [4.78, 5) is 17.4. The lowest BCUT2D eigenvalue weighted by Gasteiger charge is -2.28. The van der Waals surface area contributed by atoms with Gasteiger partial charge in [-0.15, -0.1) is 0 Å². The number of esters is 1. The molecule has 7 nitrogen and oxygen atoms in total. The molecule has 2 aromatic rings. The lowest BCUT2D eigenvalue weighted by atomic mass is 9.82. The van der Waals surface area contributed by atoms with Gasteiger partial charge < -0.3 is 15.2 Å². The Morgan fingerprint density at radius 3 is 2.68 bits per heavy atom. The Morgan fingerprint density at radius 1 is 1.32 bits per heavy atom. The molecule has 10 heteroatoms. The average molecular weight is 543 g/mol. The number of halogens is 2. The maximum absolute atomic E-state index is 15.0. The number of pyridine rings is 1. The molecule has 3 rings (SSSR count). The molecule has 34 heavy (non-hydrogen) atoms. The predicted octanol–water partition coefficient (Wildman–Crippen LogP) is 4.89. The quantitative estimate of drug-likeness (QED) is 0.404. The Kier molecular flexibility index (Phi) is 7.98. The van der Waals surface area contributed by atoms with Crippen molar-refractivity contribution < 1.29 is 18.7 Å². The maximum atomic E-state index is 15.0. The van der Waals surface area contributed by atoms with Gasteiger partial charge in [0.05, 0.1) is 29.4 Å². The van der Waals surface area contributed by atoms with E-state index < -0.39 is 17.7 Å². The average Bonchev–Trinajstić information content (AvgIpc) is 2.77. The van der Waals surface area contributed by atoms with Crippen LogP contribution in [0, 0.1) is 42.3 Å². The maximum Gasteiger partial charge on any atom is 0.338 e. The minimum absolute atomic E-state index is 0.0203. The number of aromatic nitrogens is 1. The molecule has 0 radical (unpaired) electrons. The Morgan fingerprint density at radius 2 is 2.06 bits per heavy atom. The second-order valence-electron chi connectivity index (χ2n) is 7.33. The van der Waals surface area contributed by atoms with Gasteiger partial charge in [0.1, 0.15) is 34.3 Å². The second-order valence-corrected chi connectivity index (χ2v) is 9.15. The van der Waals surface area contributed by atoms with E-state index in [4.69, 9.17) is 15.2 Å². The van der Waals surface area contributed by atoms with Gasteiger partial charge in [-0.3, -0.25) is 0 Å². The monoisotopic (exact) mass is 542 g/mol.